The molecule has 1 aliphatic heterocycles. The largest absolute Gasteiger partial charge is 0.278 e. The topological polar surface area (TPSA) is 83.5 Å². The number of piperidine rings is 1. The number of carbonyl (C=O) groups excluding carboxylic acids is 1. The van der Waals surface area contributed by atoms with Crippen molar-refractivity contribution in [2.75, 3.05) is 11.4 Å². The lowest BCUT2D eigenvalue weighted by Crippen LogP contribution is -2.43. The summed E-state index contributed by atoms with van der Waals surface area (Å²) in [7, 11) is -3.62. The Bertz CT molecular complexity index is 1510. The number of hydrogen-bond donors (Lipinski definition) is 0. The molecule has 1 atom stereocenters. The van der Waals surface area contributed by atoms with Crippen molar-refractivity contribution in [1.29, 1.82) is 0 Å². The Morgan fingerprint density at radius 1 is 1.14 bits per heavy atom. The second kappa shape index (κ2) is 11.0. The van der Waals surface area contributed by atoms with E-state index in [0.29, 0.717) is 17.2 Å². The van der Waals surface area contributed by atoms with E-state index in [0.717, 1.165) is 46.1 Å². The van der Waals surface area contributed by atoms with Crippen LogP contribution >= 0.6 is 27.3 Å². The summed E-state index contributed by atoms with van der Waals surface area (Å²) in [5, 5.41) is 0.555. The van der Waals surface area contributed by atoms with E-state index in [-0.39, 0.29) is 23.4 Å². The van der Waals surface area contributed by atoms with Crippen molar-refractivity contribution >= 4 is 58.5 Å². The summed E-state index contributed by atoms with van der Waals surface area (Å²) in [6.07, 6.45) is 5.28. The Hall–Kier alpha value is -2.66. The zero-order valence-electron chi connectivity index (χ0n) is 20.4. The van der Waals surface area contributed by atoms with Gasteiger partial charge in [-0.3, -0.25) is 14.7 Å². The molecule has 2 aromatic carbocycles. The third kappa shape index (κ3) is 5.47. The van der Waals surface area contributed by atoms with Crippen LogP contribution in [0.15, 0.2) is 76.2 Å². The van der Waals surface area contributed by atoms with Crippen LogP contribution in [0.4, 0.5) is 5.13 Å². The van der Waals surface area contributed by atoms with Gasteiger partial charge in [0.2, 0.25) is 10.0 Å². The van der Waals surface area contributed by atoms with Crippen molar-refractivity contribution < 1.29 is 13.2 Å². The summed E-state index contributed by atoms with van der Waals surface area (Å²) >= 11 is 4.92. The summed E-state index contributed by atoms with van der Waals surface area (Å²) in [5.41, 5.74) is 1.92. The molecule has 1 saturated heterocycles. The monoisotopic (exact) mass is 598 g/mol. The standard InChI is InChI=1S/C27H27BrN4O3S2/c1-2-22-8-4-6-16-32(22)37(34,35)23-12-9-19(10-13-23)26(33)31(18-21-7-3-5-15-29-21)27-30-24-14-11-20(28)17-25(24)36-27/h3,5,7,9-15,17,22H,2,4,6,8,16,18H2,1H3. The lowest BCUT2D eigenvalue weighted by Gasteiger charge is -2.34. The van der Waals surface area contributed by atoms with Crippen molar-refractivity contribution in [1.82, 2.24) is 14.3 Å². The van der Waals surface area contributed by atoms with Gasteiger partial charge in [-0.15, -0.1) is 0 Å². The van der Waals surface area contributed by atoms with E-state index in [1.54, 1.807) is 27.5 Å². The van der Waals surface area contributed by atoms with E-state index in [1.807, 2.05) is 43.3 Å². The van der Waals surface area contributed by atoms with Crippen LogP contribution in [0.2, 0.25) is 0 Å². The average molecular weight is 600 g/mol. The molecule has 3 heterocycles. The molecule has 0 N–H and O–H groups in total. The Labute approximate surface area is 229 Å². The number of benzene rings is 2. The molecule has 0 radical (unpaired) electrons. The van der Waals surface area contributed by atoms with Crippen LogP contribution in [-0.2, 0) is 16.6 Å². The molecule has 192 valence electrons. The Morgan fingerprint density at radius 3 is 2.68 bits per heavy atom. The highest BCUT2D eigenvalue weighted by atomic mass is 79.9. The smallest absolute Gasteiger partial charge is 0.260 e. The van der Waals surface area contributed by atoms with Gasteiger partial charge in [0, 0.05) is 28.8 Å². The molecule has 0 saturated carbocycles. The highest BCUT2D eigenvalue weighted by Gasteiger charge is 2.32. The number of sulfonamides is 1. The molecule has 37 heavy (non-hydrogen) atoms. The van der Waals surface area contributed by atoms with E-state index in [9.17, 15) is 13.2 Å². The van der Waals surface area contributed by atoms with Gasteiger partial charge in [0.15, 0.2) is 5.13 Å². The summed E-state index contributed by atoms with van der Waals surface area (Å²) in [6.45, 7) is 2.80. The Morgan fingerprint density at radius 2 is 1.95 bits per heavy atom. The van der Waals surface area contributed by atoms with E-state index >= 15 is 0 Å². The molecular weight excluding hydrogens is 572 g/mol. The SMILES string of the molecule is CCC1CCCCN1S(=O)(=O)c1ccc(C(=O)N(Cc2ccccn2)c2nc3ccc(Br)cc3s2)cc1. The number of hydrogen-bond acceptors (Lipinski definition) is 6. The number of carbonyl (C=O) groups is 1. The molecule has 0 aliphatic carbocycles. The third-order valence-corrected chi connectivity index (χ3v) is 10.1. The summed E-state index contributed by atoms with van der Waals surface area (Å²) in [4.78, 5) is 24.7. The average Bonchev–Trinajstić information content (AvgIpc) is 3.35. The first kappa shape index (κ1) is 26.0. The van der Waals surface area contributed by atoms with Gasteiger partial charge in [-0.2, -0.15) is 4.31 Å². The third-order valence-electron chi connectivity index (χ3n) is 6.61. The van der Waals surface area contributed by atoms with Gasteiger partial charge in [0.1, 0.15) is 0 Å². The highest BCUT2D eigenvalue weighted by molar-refractivity contribution is 9.10. The molecule has 10 heteroatoms. The van der Waals surface area contributed by atoms with Crippen molar-refractivity contribution in [3.05, 3.63) is 82.6 Å². The van der Waals surface area contributed by atoms with Gasteiger partial charge in [-0.25, -0.2) is 13.4 Å². The maximum Gasteiger partial charge on any atom is 0.260 e. The quantitative estimate of drug-likeness (QED) is 0.251. The first-order valence-electron chi connectivity index (χ1n) is 12.3. The number of anilines is 1. The normalized spacial score (nSPS) is 16.6. The lowest BCUT2D eigenvalue weighted by atomic mass is 10.0. The number of nitrogens with zero attached hydrogens (tertiary/aromatic N) is 4. The van der Waals surface area contributed by atoms with Crippen molar-refractivity contribution in [3.8, 4) is 0 Å². The van der Waals surface area contributed by atoms with Crippen molar-refractivity contribution in [2.45, 2.75) is 50.1 Å². The second-order valence-electron chi connectivity index (χ2n) is 9.02. The molecule has 1 unspecified atom stereocenters. The second-order valence-corrected chi connectivity index (χ2v) is 12.8. The van der Waals surface area contributed by atoms with Crippen LogP contribution in [0.25, 0.3) is 10.2 Å². The molecule has 5 rings (SSSR count). The number of amides is 1. The Balaban J connectivity index is 1.46. The van der Waals surface area contributed by atoms with Gasteiger partial charge < -0.3 is 0 Å². The summed E-state index contributed by atoms with van der Waals surface area (Å²) in [6, 6.07) is 17.7. The number of thiazole rings is 1. The minimum absolute atomic E-state index is 0.0213. The van der Waals surface area contributed by atoms with Crippen LogP contribution < -0.4 is 4.90 Å². The van der Waals surface area contributed by atoms with E-state index < -0.39 is 10.0 Å². The van der Waals surface area contributed by atoms with E-state index in [4.69, 9.17) is 4.98 Å². The molecule has 1 aliphatic rings. The highest BCUT2D eigenvalue weighted by Crippen LogP contribution is 2.33. The predicted octanol–water partition coefficient (Wildman–Crippen LogP) is 6.25. The minimum Gasteiger partial charge on any atom is -0.278 e. The zero-order valence-corrected chi connectivity index (χ0v) is 23.6. The molecule has 1 fully saturated rings. The first-order valence-corrected chi connectivity index (χ1v) is 15.3. The first-order chi connectivity index (χ1) is 17.9. The van der Waals surface area contributed by atoms with Gasteiger partial charge in [-0.1, -0.05) is 46.7 Å². The number of pyridine rings is 1. The maximum absolute atomic E-state index is 13.8. The molecule has 1 amide bonds. The van der Waals surface area contributed by atoms with Crippen LogP contribution in [0.1, 0.15) is 48.7 Å². The number of rotatable bonds is 7. The molecule has 7 nitrogen and oxygen atoms in total. The van der Waals surface area contributed by atoms with Crippen LogP contribution in [0, 0.1) is 0 Å². The molecule has 4 aromatic rings. The van der Waals surface area contributed by atoms with Gasteiger partial charge >= 0.3 is 0 Å². The number of fused-ring (bicyclic) bond motifs is 1. The summed E-state index contributed by atoms with van der Waals surface area (Å²) in [5.74, 6) is -0.267. The van der Waals surface area contributed by atoms with E-state index in [2.05, 4.69) is 20.9 Å². The lowest BCUT2D eigenvalue weighted by molar-refractivity contribution is 0.0984. The molecule has 2 aromatic heterocycles. The van der Waals surface area contributed by atoms with Gasteiger partial charge in [0.05, 0.1) is 27.4 Å². The number of halogens is 1. The maximum atomic E-state index is 13.8. The van der Waals surface area contributed by atoms with Crippen LogP contribution in [0.5, 0.6) is 0 Å². The summed E-state index contributed by atoms with van der Waals surface area (Å²) < 4.78 is 30.3. The Kier molecular flexibility index (Phi) is 7.71. The van der Waals surface area contributed by atoms with Crippen LogP contribution in [-0.4, -0.2) is 41.2 Å². The molecular formula is C27H27BrN4O3S2. The minimum atomic E-state index is -3.62. The zero-order chi connectivity index (χ0) is 26.0. The fraction of sp³-hybridized carbons (Fsp3) is 0.296. The molecule has 0 spiro atoms. The van der Waals surface area contributed by atoms with E-state index in [1.165, 1.54) is 23.5 Å². The van der Waals surface area contributed by atoms with Gasteiger partial charge in [-0.05, 0) is 73.9 Å². The molecule has 0 bridgehead atoms. The predicted molar refractivity (Wildman–Crippen MR) is 150 cm³/mol. The van der Waals surface area contributed by atoms with Crippen LogP contribution in [0.3, 0.4) is 0 Å². The van der Waals surface area contributed by atoms with Crippen molar-refractivity contribution in [2.24, 2.45) is 0 Å². The number of aromatic nitrogens is 2. The fourth-order valence-electron chi connectivity index (χ4n) is 4.64. The van der Waals surface area contributed by atoms with Crippen molar-refractivity contribution in [3.63, 3.8) is 0 Å². The van der Waals surface area contributed by atoms with Gasteiger partial charge in [0.25, 0.3) is 5.91 Å². The fourth-order valence-corrected chi connectivity index (χ4v) is 7.92.